The van der Waals surface area contributed by atoms with E-state index in [1.807, 2.05) is 30.6 Å². The summed E-state index contributed by atoms with van der Waals surface area (Å²) < 4.78 is 8.03. The van der Waals surface area contributed by atoms with Gasteiger partial charge in [0, 0.05) is 30.7 Å². The van der Waals surface area contributed by atoms with Crippen LogP contribution in [0, 0.1) is 6.92 Å². The minimum atomic E-state index is -0.0922. The second-order valence-corrected chi connectivity index (χ2v) is 5.24. The summed E-state index contributed by atoms with van der Waals surface area (Å²) in [6.07, 6.45) is 4.48. The van der Waals surface area contributed by atoms with Gasteiger partial charge in [0.2, 0.25) is 0 Å². The molecule has 0 amide bonds. The minimum Gasteiger partial charge on any atom is -0.459 e. The summed E-state index contributed by atoms with van der Waals surface area (Å²) >= 11 is 0. The number of hydrogen-bond donors (Lipinski definition) is 2. The van der Waals surface area contributed by atoms with E-state index >= 15 is 0 Å². The predicted molar refractivity (Wildman–Crippen MR) is 82.6 cm³/mol. The van der Waals surface area contributed by atoms with Crippen LogP contribution in [0.5, 0.6) is 0 Å². The fourth-order valence-corrected chi connectivity index (χ4v) is 2.60. The Labute approximate surface area is 123 Å². The number of aromatic nitrogens is 2. The van der Waals surface area contributed by atoms with Gasteiger partial charge in [-0.15, -0.1) is 0 Å². The van der Waals surface area contributed by atoms with Crippen LogP contribution in [-0.4, -0.2) is 9.55 Å². The van der Waals surface area contributed by atoms with Gasteiger partial charge in [0.15, 0.2) is 0 Å². The van der Waals surface area contributed by atoms with Gasteiger partial charge in [0.1, 0.15) is 17.2 Å². The molecule has 0 radical (unpaired) electrons. The zero-order valence-corrected chi connectivity index (χ0v) is 12.3. The molecule has 1 aromatic carbocycles. The summed E-state index contributed by atoms with van der Waals surface area (Å²) in [6.45, 7) is 5.06. The van der Waals surface area contributed by atoms with Crippen molar-refractivity contribution in [1.29, 1.82) is 0 Å². The van der Waals surface area contributed by atoms with Crippen molar-refractivity contribution in [2.75, 3.05) is 0 Å². The van der Waals surface area contributed by atoms with Gasteiger partial charge in [0.05, 0.1) is 6.04 Å². The number of nitrogens with zero attached hydrogens (tertiary/aromatic N) is 2. The third kappa shape index (κ3) is 2.70. The molecule has 1 unspecified atom stereocenters. The van der Waals surface area contributed by atoms with Gasteiger partial charge in [-0.25, -0.2) is 10.4 Å². The van der Waals surface area contributed by atoms with E-state index in [4.69, 9.17) is 10.3 Å². The number of fused-ring (bicyclic) bond motifs is 1. The van der Waals surface area contributed by atoms with E-state index in [-0.39, 0.29) is 6.04 Å². The molecule has 21 heavy (non-hydrogen) atoms. The Morgan fingerprint density at radius 1 is 1.38 bits per heavy atom. The maximum atomic E-state index is 5.92. The number of hydrazine groups is 1. The van der Waals surface area contributed by atoms with Crippen molar-refractivity contribution in [3.63, 3.8) is 0 Å². The molecule has 5 heteroatoms. The van der Waals surface area contributed by atoms with Gasteiger partial charge in [-0.05, 0) is 32.0 Å². The lowest BCUT2D eigenvalue weighted by Gasteiger charge is -2.13. The lowest BCUT2D eigenvalue weighted by Crippen LogP contribution is -2.30. The van der Waals surface area contributed by atoms with Crippen LogP contribution in [0.3, 0.4) is 0 Å². The molecule has 3 rings (SSSR count). The monoisotopic (exact) mass is 284 g/mol. The zero-order chi connectivity index (χ0) is 14.8. The van der Waals surface area contributed by atoms with Crippen LogP contribution in [0.2, 0.25) is 0 Å². The van der Waals surface area contributed by atoms with Gasteiger partial charge in [0.25, 0.3) is 0 Å². The molecule has 0 bridgehead atoms. The first kappa shape index (κ1) is 13.9. The Kier molecular flexibility index (Phi) is 3.77. The first-order valence-electron chi connectivity index (χ1n) is 7.17. The van der Waals surface area contributed by atoms with Crippen molar-refractivity contribution in [1.82, 2.24) is 15.0 Å². The van der Waals surface area contributed by atoms with Crippen molar-refractivity contribution in [2.45, 2.75) is 32.9 Å². The lowest BCUT2D eigenvalue weighted by molar-refractivity contribution is 0.424. The second-order valence-electron chi connectivity index (χ2n) is 5.24. The summed E-state index contributed by atoms with van der Waals surface area (Å²) in [5.74, 6) is 7.55. The summed E-state index contributed by atoms with van der Waals surface area (Å²) in [5, 5.41) is 1.10. The largest absolute Gasteiger partial charge is 0.459 e. The van der Waals surface area contributed by atoms with Crippen molar-refractivity contribution < 1.29 is 4.42 Å². The summed E-state index contributed by atoms with van der Waals surface area (Å²) in [4.78, 5) is 4.39. The summed E-state index contributed by atoms with van der Waals surface area (Å²) in [5.41, 5.74) is 4.94. The van der Waals surface area contributed by atoms with Gasteiger partial charge >= 0.3 is 0 Å². The predicted octanol–water partition coefficient (Wildman–Crippen LogP) is 2.70. The van der Waals surface area contributed by atoms with Crippen LogP contribution >= 0.6 is 0 Å². The van der Waals surface area contributed by atoms with E-state index in [9.17, 15) is 0 Å². The second kappa shape index (κ2) is 5.71. The van der Waals surface area contributed by atoms with E-state index in [1.54, 1.807) is 0 Å². The van der Waals surface area contributed by atoms with Crippen molar-refractivity contribution >= 4 is 11.0 Å². The number of nitrogens with one attached hydrogen (secondary N) is 1. The Morgan fingerprint density at radius 2 is 2.24 bits per heavy atom. The van der Waals surface area contributed by atoms with Crippen molar-refractivity contribution in [2.24, 2.45) is 5.84 Å². The Morgan fingerprint density at radius 3 is 3.00 bits per heavy atom. The molecule has 0 aliphatic carbocycles. The SMILES string of the molecule is CCn1ccnc1CC(NN)c1cc2cc(C)ccc2o1. The molecular weight excluding hydrogens is 264 g/mol. The van der Waals surface area contributed by atoms with Crippen LogP contribution < -0.4 is 11.3 Å². The smallest absolute Gasteiger partial charge is 0.134 e. The minimum absolute atomic E-state index is 0.0922. The molecule has 0 aliphatic heterocycles. The molecule has 0 saturated carbocycles. The van der Waals surface area contributed by atoms with Crippen LogP contribution in [-0.2, 0) is 13.0 Å². The van der Waals surface area contributed by atoms with E-state index in [0.717, 1.165) is 29.1 Å². The van der Waals surface area contributed by atoms with Crippen molar-refractivity contribution in [3.05, 3.63) is 53.8 Å². The first-order chi connectivity index (χ1) is 10.2. The van der Waals surface area contributed by atoms with Gasteiger partial charge in [-0.1, -0.05) is 11.6 Å². The van der Waals surface area contributed by atoms with Gasteiger partial charge in [-0.3, -0.25) is 5.84 Å². The normalized spacial score (nSPS) is 12.9. The maximum Gasteiger partial charge on any atom is 0.134 e. The number of imidazole rings is 1. The van der Waals surface area contributed by atoms with Crippen LogP contribution in [0.25, 0.3) is 11.0 Å². The van der Waals surface area contributed by atoms with Crippen LogP contribution in [0.15, 0.2) is 41.1 Å². The van der Waals surface area contributed by atoms with Crippen LogP contribution in [0.1, 0.15) is 30.1 Å². The molecule has 3 N–H and O–H groups in total. The average Bonchev–Trinajstić information content (AvgIpc) is 3.09. The maximum absolute atomic E-state index is 5.92. The standard InChI is InChI=1S/C16H20N4O/c1-3-20-7-6-18-16(20)10-13(19-17)15-9-12-8-11(2)4-5-14(12)21-15/h4-9,13,19H,3,10,17H2,1-2H3. The number of benzene rings is 1. The molecule has 3 aromatic rings. The van der Waals surface area contributed by atoms with Gasteiger partial charge in [-0.2, -0.15) is 0 Å². The fraction of sp³-hybridized carbons (Fsp3) is 0.312. The topological polar surface area (TPSA) is 69.0 Å². The molecule has 0 aliphatic rings. The number of rotatable bonds is 5. The molecule has 1 atom stereocenters. The molecule has 0 saturated heterocycles. The van der Waals surface area contributed by atoms with E-state index in [1.165, 1.54) is 5.56 Å². The average molecular weight is 284 g/mol. The highest BCUT2D eigenvalue weighted by atomic mass is 16.3. The summed E-state index contributed by atoms with van der Waals surface area (Å²) in [7, 11) is 0. The van der Waals surface area contributed by atoms with E-state index in [2.05, 4.69) is 34.9 Å². The fourth-order valence-electron chi connectivity index (χ4n) is 2.60. The Balaban J connectivity index is 1.90. The molecule has 0 fully saturated rings. The Bertz CT molecular complexity index is 744. The number of furan rings is 1. The van der Waals surface area contributed by atoms with E-state index < -0.39 is 0 Å². The highest BCUT2D eigenvalue weighted by molar-refractivity contribution is 5.78. The molecule has 2 aromatic heterocycles. The lowest BCUT2D eigenvalue weighted by atomic mass is 10.1. The van der Waals surface area contributed by atoms with Gasteiger partial charge < -0.3 is 8.98 Å². The quantitative estimate of drug-likeness (QED) is 0.558. The van der Waals surface area contributed by atoms with E-state index in [0.29, 0.717) is 6.42 Å². The highest BCUT2D eigenvalue weighted by Crippen LogP contribution is 2.26. The third-order valence-electron chi connectivity index (χ3n) is 3.76. The highest BCUT2D eigenvalue weighted by Gasteiger charge is 2.18. The molecule has 0 spiro atoms. The summed E-state index contributed by atoms with van der Waals surface area (Å²) in [6, 6.07) is 8.11. The molecular formula is C16H20N4O. The third-order valence-corrected chi connectivity index (χ3v) is 3.76. The molecule has 2 heterocycles. The Hall–Kier alpha value is -2.11. The van der Waals surface area contributed by atoms with Crippen LogP contribution in [0.4, 0.5) is 0 Å². The molecule has 110 valence electrons. The zero-order valence-electron chi connectivity index (χ0n) is 12.3. The number of hydrogen-bond acceptors (Lipinski definition) is 4. The molecule has 5 nitrogen and oxygen atoms in total. The number of aryl methyl sites for hydroxylation is 2. The number of nitrogens with two attached hydrogens (primary N) is 1. The van der Waals surface area contributed by atoms with Crippen molar-refractivity contribution in [3.8, 4) is 0 Å². The first-order valence-corrected chi connectivity index (χ1v) is 7.17.